The molecule has 0 saturated heterocycles. The van der Waals surface area contributed by atoms with Crippen LogP contribution < -0.4 is 20.3 Å². The molecule has 0 aliphatic carbocycles. The summed E-state index contributed by atoms with van der Waals surface area (Å²) in [4.78, 5) is 23.6. The van der Waals surface area contributed by atoms with E-state index in [0.29, 0.717) is 22.8 Å². The lowest BCUT2D eigenvalue weighted by Crippen LogP contribution is -2.23. The number of hydrogen-bond acceptors (Lipinski definition) is 6. The van der Waals surface area contributed by atoms with E-state index in [9.17, 15) is 4.79 Å². The van der Waals surface area contributed by atoms with Gasteiger partial charge in [-0.15, -0.1) is 0 Å². The molecule has 0 atom stereocenters. The molecule has 0 aliphatic rings. The summed E-state index contributed by atoms with van der Waals surface area (Å²) in [7, 11) is 1.58. The topological polar surface area (TPSA) is 79.4 Å². The van der Waals surface area contributed by atoms with Crippen LogP contribution in [0.2, 0.25) is 0 Å². The molecule has 7 heteroatoms. The standard InChI is InChI=1S/C23H27N5O2/c1-5-28(6-2)22-15-21(24-16(3)25-22)26-18-10-12-19(13-11-18)27-23(29)17-8-7-9-20(14-17)30-4/h7-15H,5-6H2,1-4H3,(H,27,29)(H,24,25,26). The van der Waals surface area contributed by atoms with Crippen LogP contribution in [0.1, 0.15) is 30.0 Å². The number of carbonyl (C=O) groups excluding carboxylic acids is 1. The van der Waals surface area contributed by atoms with Gasteiger partial charge in [0.1, 0.15) is 23.2 Å². The van der Waals surface area contributed by atoms with E-state index in [1.807, 2.05) is 37.3 Å². The first kappa shape index (κ1) is 21.1. The predicted octanol–water partition coefficient (Wildman–Crippen LogP) is 4.64. The first-order valence-corrected chi connectivity index (χ1v) is 9.95. The SMILES string of the molecule is CCN(CC)c1cc(Nc2ccc(NC(=O)c3cccc(OC)c3)cc2)nc(C)n1. The number of nitrogens with one attached hydrogen (secondary N) is 2. The molecule has 1 aromatic heterocycles. The van der Waals surface area contributed by atoms with Gasteiger partial charge in [-0.3, -0.25) is 4.79 Å². The number of benzene rings is 2. The van der Waals surface area contributed by atoms with Crippen LogP contribution in [0.25, 0.3) is 0 Å². The Morgan fingerprint density at radius 3 is 2.37 bits per heavy atom. The lowest BCUT2D eigenvalue weighted by Gasteiger charge is -2.20. The molecule has 0 aliphatic heterocycles. The number of nitrogens with zero attached hydrogens (tertiary/aromatic N) is 3. The number of carbonyl (C=O) groups is 1. The number of amides is 1. The smallest absolute Gasteiger partial charge is 0.255 e. The molecular weight excluding hydrogens is 378 g/mol. The molecule has 1 amide bonds. The molecule has 0 bridgehead atoms. The predicted molar refractivity (Wildman–Crippen MR) is 121 cm³/mol. The van der Waals surface area contributed by atoms with Gasteiger partial charge in [0.05, 0.1) is 7.11 Å². The van der Waals surface area contributed by atoms with Crippen molar-refractivity contribution < 1.29 is 9.53 Å². The summed E-state index contributed by atoms with van der Waals surface area (Å²) in [6.07, 6.45) is 0. The Bertz CT molecular complexity index is 1000. The van der Waals surface area contributed by atoms with E-state index < -0.39 is 0 Å². The molecule has 7 nitrogen and oxygen atoms in total. The van der Waals surface area contributed by atoms with Crippen molar-refractivity contribution in [3.8, 4) is 5.75 Å². The molecule has 3 rings (SSSR count). The third-order valence-corrected chi connectivity index (χ3v) is 4.66. The fourth-order valence-corrected chi connectivity index (χ4v) is 3.08. The van der Waals surface area contributed by atoms with E-state index in [1.165, 1.54) is 0 Å². The molecule has 30 heavy (non-hydrogen) atoms. The van der Waals surface area contributed by atoms with E-state index in [-0.39, 0.29) is 5.91 Å². The summed E-state index contributed by atoms with van der Waals surface area (Å²) in [5.41, 5.74) is 2.12. The van der Waals surface area contributed by atoms with Gasteiger partial charge in [0.15, 0.2) is 0 Å². The Hall–Kier alpha value is -3.61. The van der Waals surface area contributed by atoms with Gasteiger partial charge in [-0.25, -0.2) is 9.97 Å². The highest BCUT2D eigenvalue weighted by Crippen LogP contribution is 2.22. The van der Waals surface area contributed by atoms with Crippen molar-refractivity contribution in [2.24, 2.45) is 0 Å². The minimum atomic E-state index is -0.190. The van der Waals surface area contributed by atoms with Gasteiger partial charge in [-0.2, -0.15) is 0 Å². The van der Waals surface area contributed by atoms with E-state index >= 15 is 0 Å². The van der Waals surface area contributed by atoms with E-state index in [1.54, 1.807) is 31.4 Å². The Balaban J connectivity index is 1.69. The number of hydrogen-bond donors (Lipinski definition) is 2. The van der Waals surface area contributed by atoms with Gasteiger partial charge in [-0.05, 0) is 63.2 Å². The molecule has 2 N–H and O–H groups in total. The number of rotatable bonds is 8. The van der Waals surface area contributed by atoms with Gasteiger partial charge < -0.3 is 20.3 Å². The van der Waals surface area contributed by atoms with Crippen LogP contribution in [0.15, 0.2) is 54.6 Å². The van der Waals surface area contributed by atoms with Crippen LogP contribution in [0, 0.1) is 6.92 Å². The lowest BCUT2D eigenvalue weighted by molar-refractivity contribution is 0.102. The second-order valence-corrected chi connectivity index (χ2v) is 6.72. The molecule has 0 spiro atoms. The molecule has 0 radical (unpaired) electrons. The van der Waals surface area contributed by atoms with Crippen LogP contribution in [0.4, 0.5) is 23.0 Å². The summed E-state index contributed by atoms with van der Waals surface area (Å²) < 4.78 is 5.17. The number of aromatic nitrogens is 2. The molecule has 3 aromatic rings. The minimum absolute atomic E-state index is 0.190. The molecule has 156 valence electrons. The van der Waals surface area contributed by atoms with Crippen molar-refractivity contribution in [3.05, 3.63) is 66.0 Å². The highest BCUT2D eigenvalue weighted by atomic mass is 16.5. The summed E-state index contributed by atoms with van der Waals surface area (Å²) in [6.45, 7) is 7.86. The maximum atomic E-state index is 12.5. The first-order chi connectivity index (χ1) is 14.5. The Morgan fingerprint density at radius 1 is 1.00 bits per heavy atom. The third-order valence-electron chi connectivity index (χ3n) is 4.66. The monoisotopic (exact) mass is 405 g/mol. The maximum absolute atomic E-state index is 12.5. The van der Waals surface area contributed by atoms with Crippen molar-refractivity contribution in [1.29, 1.82) is 0 Å². The minimum Gasteiger partial charge on any atom is -0.497 e. The summed E-state index contributed by atoms with van der Waals surface area (Å²) in [5.74, 6) is 2.80. The average Bonchev–Trinajstić information content (AvgIpc) is 2.75. The number of anilines is 4. The largest absolute Gasteiger partial charge is 0.497 e. The van der Waals surface area contributed by atoms with Crippen molar-refractivity contribution >= 4 is 28.9 Å². The second-order valence-electron chi connectivity index (χ2n) is 6.72. The van der Waals surface area contributed by atoms with Crippen LogP contribution >= 0.6 is 0 Å². The zero-order valence-electron chi connectivity index (χ0n) is 17.8. The number of aryl methyl sites for hydroxylation is 1. The van der Waals surface area contributed by atoms with Gasteiger partial charge in [0.2, 0.25) is 0 Å². The van der Waals surface area contributed by atoms with E-state index in [2.05, 4.69) is 39.3 Å². The zero-order valence-corrected chi connectivity index (χ0v) is 17.8. The lowest BCUT2D eigenvalue weighted by atomic mass is 10.2. The summed E-state index contributed by atoms with van der Waals surface area (Å²) in [6, 6.07) is 16.5. The van der Waals surface area contributed by atoms with Crippen LogP contribution in [0.5, 0.6) is 5.75 Å². The highest BCUT2D eigenvalue weighted by molar-refractivity contribution is 6.04. The van der Waals surface area contributed by atoms with E-state index in [4.69, 9.17) is 4.74 Å². The summed E-state index contributed by atoms with van der Waals surface area (Å²) >= 11 is 0. The molecule has 0 saturated carbocycles. The molecule has 2 aromatic carbocycles. The van der Waals surface area contributed by atoms with Gasteiger partial charge in [0, 0.05) is 36.1 Å². The zero-order chi connectivity index (χ0) is 21.5. The second kappa shape index (κ2) is 9.73. The van der Waals surface area contributed by atoms with Crippen molar-refractivity contribution in [3.63, 3.8) is 0 Å². The number of methoxy groups -OCH3 is 1. The van der Waals surface area contributed by atoms with Crippen molar-refractivity contribution in [2.75, 3.05) is 35.7 Å². The molecule has 0 unspecified atom stereocenters. The fourth-order valence-electron chi connectivity index (χ4n) is 3.08. The number of ether oxygens (including phenoxy) is 1. The fraction of sp³-hybridized carbons (Fsp3) is 0.261. The third kappa shape index (κ3) is 5.26. The van der Waals surface area contributed by atoms with Gasteiger partial charge in [0.25, 0.3) is 5.91 Å². The molecule has 1 heterocycles. The maximum Gasteiger partial charge on any atom is 0.255 e. The highest BCUT2D eigenvalue weighted by Gasteiger charge is 2.09. The van der Waals surface area contributed by atoms with Crippen molar-refractivity contribution in [1.82, 2.24) is 9.97 Å². The van der Waals surface area contributed by atoms with Crippen LogP contribution in [-0.4, -0.2) is 36.1 Å². The summed E-state index contributed by atoms with van der Waals surface area (Å²) in [5, 5.41) is 6.20. The Labute approximate surface area is 177 Å². The molecule has 0 fully saturated rings. The Kier molecular flexibility index (Phi) is 6.85. The Morgan fingerprint density at radius 2 is 1.70 bits per heavy atom. The average molecular weight is 406 g/mol. The van der Waals surface area contributed by atoms with Crippen LogP contribution in [0.3, 0.4) is 0 Å². The van der Waals surface area contributed by atoms with Gasteiger partial charge in [-0.1, -0.05) is 6.07 Å². The molecular formula is C23H27N5O2. The van der Waals surface area contributed by atoms with Gasteiger partial charge >= 0.3 is 0 Å². The normalized spacial score (nSPS) is 10.4. The van der Waals surface area contributed by atoms with E-state index in [0.717, 1.165) is 30.4 Å². The first-order valence-electron chi connectivity index (χ1n) is 9.95. The van der Waals surface area contributed by atoms with Crippen LogP contribution in [-0.2, 0) is 0 Å². The van der Waals surface area contributed by atoms with Crippen molar-refractivity contribution in [2.45, 2.75) is 20.8 Å². The quantitative estimate of drug-likeness (QED) is 0.569.